The summed E-state index contributed by atoms with van der Waals surface area (Å²) in [6.45, 7) is 0.169. The highest BCUT2D eigenvalue weighted by Crippen LogP contribution is 2.36. The van der Waals surface area contributed by atoms with E-state index in [-0.39, 0.29) is 16.5 Å². The first kappa shape index (κ1) is 17.0. The molecule has 21 heavy (non-hydrogen) atoms. The summed E-state index contributed by atoms with van der Waals surface area (Å²) in [5.41, 5.74) is 0.463. The number of hydrogen-bond acceptors (Lipinski definition) is 3. The first-order valence-corrected chi connectivity index (χ1v) is 9.40. The zero-order chi connectivity index (χ0) is 15.8. The molecule has 5 nitrogen and oxygen atoms in total. The van der Waals surface area contributed by atoms with Crippen LogP contribution in [0.3, 0.4) is 0 Å². The lowest BCUT2D eigenvalue weighted by Gasteiger charge is -2.22. The standard InChI is InChI=1S/C12H12BrCl2NO4S/c13-6-7-8(14)3-4-10(11(7)15)21(19,20)16-5-1-2-9(16)12(17)18/h3-4,9H,1-2,5-6H2,(H,17,18)/t9-/m0/s1. The topological polar surface area (TPSA) is 74.7 Å². The van der Waals surface area contributed by atoms with E-state index in [1.165, 1.54) is 12.1 Å². The molecule has 0 amide bonds. The predicted octanol–water partition coefficient (Wildman–Crippen LogP) is 3.13. The Kier molecular flexibility index (Phi) is 5.20. The lowest BCUT2D eigenvalue weighted by molar-refractivity contribution is -0.140. The van der Waals surface area contributed by atoms with Crippen LogP contribution < -0.4 is 0 Å². The number of carbonyl (C=O) groups is 1. The van der Waals surface area contributed by atoms with Crippen LogP contribution in [-0.4, -0.2) is 36.4 Å². The number of alkyl halides is 1. The molecule has 0 aromatic heterocycles. The van der Waals surface area contributed by atoms with Crippen LogP contribution in [0.4, 0.5) is 0 Å². The lowest BCUT2D eigenvalue weighted by atomic mass is 10.2. The Labute approximate surface area is 141 Å². The van der Waals surface area contributed by atoms with Crippen LogP contribution in [-0.2, 0) is 20.1 Å². The summed E-state index contributed by atoms with van der Waals surface area (Å²) < 4.78 is 26.3. The predicted molar refractivity (Wildman–Crippen MR) is 83.6 cm³/mol. The van der Waals surface area contributed by atoms with E-state index in [2.05, 4.69) is 15.9 Å². The van der Waals surface area contributed by atoms with Gasteiger partial charge in [-0.25, -0.2) is 8.42 Å². The minimum atomic E-state index is -3.97. The van der Waals surface area contributed by atoms with E-state index in [4.69, 9.17) is 28.3 Å². The van der Waals surface area contributed by atoms with Crippen molar-refractivity contribution in [2.75, 3.05) is 6.54 Å². The van der Waals surface area contributed by atoms with Gasteiger partial charge in [0, 0.05) is 22.5 Å². The van der Waals surface area contributed by atoms with Gasteiger partial charge in [0.05, 0.1) is 5.02 Å². The molecule has 1 atom stereocenters. The molecule has 0 unspecified atom stereocenters. The maximum atomic E-state index is 12.7. The third kappa shape index (κ3) is 3.07. The maximum Gasteiger partial charge on any atom is 0.322 e. The molecular formula is C12H12BrCl2NO4S. The molecule has 0 radical (unpaired) electrons. The van der Waals surface area contributed by atoms with Gasteiger partial charge >= 0.3 is 5.97 Å². The van der Waals surface area contributed by atoms with Gasteiger partial charge in [0.15, 0.2) is 0 Å². The van der Waals surface area contributed by atoms with Gasteiger partial charge in [-0.2, -0.15) is 4.31 Å². The highest BCUT2D eigenvalue weighted by molar-refractivity contribution is 9.08. The highest BCUT2D eigenvalue weighted by Gasteiger charge is 2.40. The summed E-state index contributed by atoms with van der Waals surface area (Å²) in [5.74, 6) is -1.15. The van der Waals surface area contributed by atoms with Gasteiger partial charge in [-0.3, -0.25) is 4.79 Å². The number of nitrogens with zero attached hydrogens (tertiary/aromatic N) is 1. The average molecular weight is 417 g/mol. The second kappa shape index (κ2) is 6.42. The van der Waals surface area contributed by atoms with Crippen molar-refractivity contribution in [2.45, 2.75) is 29.1 Å². The zero-order valence-electron chi connectivity index (χ0n) is 10.7. The van der Waals surface area contributed by atoms with Crippen molar-refractivity contribution < 1.29 is 18.3 Å². The van der Waals surface area contributed by atoms with Crippen molar-refractivity contribution in [3.63, 3.8) is 0 Å². The number of carboxylic acid groups (broad SMARTS) is 1. The van der Waals surface area contributed by atoms with Crippen molar-refractivity contribution in [3.05, 3.63) is 27.7 Å². The van der Waals surface area contributed by atoms with E-state index < -0.39 is 22.0 Å². The smallest absolute Gasteiger partial charge is 0.322 e. The minimum Gasteiger partial charge on any atom is -0.480 e. The molecule has 0 saturated carbocycles. The van der Waals surface area contributed by atoms with Crippen LogP contribution >= 0.6 is 39.1 Å². The highest BCUT2D eigenvalue weighted by atomic mass is 79.9. The molecule has 1 aromatic rings. The molecule has 9 heteroatoms. The summed E-state index contributed by atoms with van der Waals surface area (Å²) in [6, 6.07) is 1.71. The monoisotopic (exact) mass is 415 g/mol. The van der Waals surface area contributed by atoms with Gasteiger partial charge in [0.25, 0.3) is 0 Å². The fraction of sp³-hybridized carbons (Fsp3) is 0.417. The second-order valence-corrected chi connectivity index (χ2v) is 7.79. The van der Waals surface area contributed by atoms with E-state index in [1.807, 2.05) is 0 Å². The number of aliphatic carboxylic acids is 1. The van der Waals surface area contributed by atoms with E-state index in [0.29, 0.717) is 28.8 Å². The third-order valence-corrected chi connectivity index (χ3v) is 6.77. The van der Waals surface area contributed by atoms with Crippen molar-refractivity contribution in [2.24, 2.45) is 0 Å². The molecule has 1 heterocycles. The van der Waals surface area contributed by atoms with Crippen LogP contribution in [0.1, 0.15) is 18.4 Å². The van der Waals surface area contributed by atoms with Crippen LogP contribution in [0.5, 0.6) is 0 Å². The summed E-state index contributed by atoms with van der Waals surface area (Å²) >= 11 is 15.3. The molecule has 0 spiro atoms. The van der Waals surface area contributed by atoms with Gasteiger partial charge < -0.3 is 5.11 Å². The molecule has 0 bridgehead atoms. The van der Waals surface area contributed by atoms with E-state index in [0.717, 1.165) is 4.31 Å². The molecule has 116 valence electrons. The molecule has 1 N–H and O–H groups in total. The van der Waals surface area contributed by atoms with Gasteiger partial charge in [0.1, 0.15) is 10.9 Å². The summed E-state index contributed by atoms with van der Waals surface area (Å²) in [6.07, 6.45) is 0.803. The van der Waals surface area contributed by atoms with Crippen LogP contribution in [0.15, 0.2) is 17.0 Å². The Bertz CT molecular complexity index is 680. The van der Waals surface area contributed by atoms with Crippen LogP contribution in [0.2, 0.25) is 10.0 Å². The zero-order valence-corrected chi connectivity index (χ0v) is 14.6. The molecule has 1 saturated heterocycles. The van der Waals surface area contributed by atoms with E-state index in [1.54, 1.807) is 0 Å². The number of benzene rings is 1. The summed E-state index contributed by atoms with van der Waals surface area (Å²) in [4.78, 5) is 11.1. The minimum absolute atomic E-state index is 0.0235. The van der Waals surface area contributed by atoms with Crippen molar-refractivity contribution >= 4 is 55.1 Å². The van der Waals surface area contributed by atoms with E-state index in [9.17, 15) is 13.2 Å². The number of hydrogen-bond donors (Lipinski definition) is 1. The first-order valence-electron chi connectivity index (χ1n) is 6.08. The van der Waals surface area contributed by atoms with Crippen molar-refractivity contribution in [3.8, 4) is 0 Å². The molecule has 2 rings (SSSR count). The Balaban J connectivity index is 2.52. The maximum absolute atomic E-state index is 12.7. The number of halogens is 3. The van der Waals surface area contributed by atoms with Crippen LogP contribution in [0, 0.1) is 0 Å². The fourth-order valence-electron chi connectivity index (χ4n) is 2.30. The Morgan fingerprint density at radius 1 is 1.43 bits per heavy atom. The molecular weight excluding hydrogens is 405 g/mol. The summed E-state index contributed by atoms with van der Waals surface area (Å²) in [5, 5.41) is 9.82. The first-order chi connectivity index (χ1) is 9.80. The van der Waals surface area contributed by atoms with Crippen LogP contribution in [0.25, 0.3) is 0 Å². The Morgan fingerprint density at radius 3 is 2.67 bits per heavy atom. The third-order valence-electron chi connectivity index (χ3n) is 3.36. The number of rotatable bonds is 4. The van der Waals surface area contributed by atoms with Gasteiger partial charge in [-0.05, 0) is 25.0 Å². The molecule has 1 aliphatic rings. The lowest BCUT2D eigenvalue weighted by Crippen LogP contribution is -2.40. The Morgan fingerprint density at radius 2 is 2.10 bits per heavy atom. The molecule has 1 aromatic carbocycles. The molecule has 1 aliphatic heterocycles. The van der Waals surface area contributed by atoms with Gasteiger partial charge in [-0.1, -0.05) is 39.1 Å². The SMILES string of the molecule is O=C(O)[C@@H]1CCCN1S(=O)(=O)c1ccc(Cl)c(CBr)c1Cl. The molecule has 1 fully saturated rings. The summed E-state index contributed by atoms with van der Waals surface area (Å²) in [7, 11) is -3.97. The van der Waals surface area contributed by atoms with Gasteiger partial charge in [0.2, 0.25) is 10.0 Å². The second-order valence-electron chi connectivity index (χ2n) is 4.58. The fourth-order valence-corrected chi connectivity index (χ4v) is 5.74. The van der Waals surface area contributed by atoms with Crippen molar-refractivity contribution in [1.82, 2.24) is 4.31 Å². The Hall–Kier alpha value is -0.340. The van der Waals surface area contributed by atoms with E-state index >= 15 is 0 Å². The number of sulfonamides is 1. The van der Waals surface area contributed by atoms with Crippen molar-refractivity contribution in [1.29, 1.82) is 0 Å². The quantitative estimate of drug-likeness (QED) is 0.765. The molecule has 0 aliphatic carbocycles. The number of carboxylic acids is 1. The van der Waals surface area contributed by atoms with Gasteiger partial charge in [-0.15, -0.1) is 0 Å². The average Bonchev–Trinajstić information content (AvgIpc) is 2.89. The largest absolute Gasteiger partial charge is 0.480 e. The normalized spacial score (nSPS) is 19.9.